The third kappa shape index (κ3) is 4.88. The maximum absolute atomic E-state index is 16.0. The Hall–Kier alpha value is -4.14. The fourth-order valence-corrected chi connectivity index (χ4v) is 6.70. The molecule has 4 unspecified atom stereocenters. The van der Waals surface area contributed by atoms with Crippen molar-refractivity contribution >= 4 is 27.5 Å². The number of alkyl halides is 1. The van der Waals surface area contributed by atoms with E-state index in [9.17, 15) is 13.9 Å². The van der Waals surface area contributed by atoms with Crippen LogP contribution in [0.2, 0.25) is 0 Å². The molecule has 0 radical (unpaired) electrons. The number of pyridine rings is 1. The highest BCUT2D eigenvalue weighted by Crippen LogP contribution is 2.42. The fourth-order valence-electron chi connectivity index (χ4n) is 6.70. The van der Waals surface area contributed by atoms with Gasteiger partial charge in [-0.3, -0.25) is 9.88 Å². The number of halogens is 3. The summed E-state index contributed by atoms with van der Waals surface area (Å²) in [6.45, 7) is 3.00. The molecule has 2 aromatic carbocycles. The number of rotatable bonds is 3. The minimum Gasteiger partial charge on any atom is -0.508 e. The molecule has 1 saturated carbocycles. The quantitative estimate of drug-likeness (QED) is 0.335. The highest BCUT2D eigenvalue weighted by Gasteiger charge is 2.47. The Morgan fingerprint density at radius 3 is 2.81 bits per heavy atom. The third-order valence-corrected chi connectivity index (χ3v) is 8.77. The van der Waals surface area contributed by atoms with Crippen LogP contribution in [0, 0.1) is 24.0 Å². The first-order valence-electron chi connectivity index (χ1n) is 14.4. The van der Waals surface area contributed by atoms with Crippen LogP contribution in [0.15, 0.2) is 30.5 Å². The zero-order chi connectivity index (χ0) is 29.8. The van der Waals surface area contributed by atoms with E-state index in [1.54, 1.807) is 0 Å². The van der Waals surface area contributed by atoms with Crippen molar-refractivity contribution in [2.45, 2.75) is 50.0 Å². The molecule has 43 heavy (non-hydrogen) atoms. The standard InChI is InChI=1S/C25H18F2N4O3.C7H12FN/c1-3-14-17(26)5-4-12-8-13(32)9-15(20(12)14)22-21(27)23-16(11-28-22)24(30-25(29-23)33-2)31-6-7-34-19-10-18(19)31;8-6-4-7-2-1-3-9(7)5-6/h1,4-5,8-9,11,18-19,32H,6-7,10H2,2H3;6-7H,1-5H2. The SMILES string of the molecule is C#Cc1c(F)ccc2cc(O)cc(-c3ncc4c(N5CCOC6CC65)nc(OC)nc4c3F)c12.FC1CC2CCCN2C1. The average Bonchev–Trinajstić information content (AvgIpc) is 3.55. The molecule has 4 aliphatic rings. The summed E-state index contributed by atoms with van der Waals surface area (Å²) in [5, 5.41) is 11.4. The van der Waals surface area contributed by atoms with Crippen molar-refractivity contribution in [3.8, 4) is 35.4 Å². The molecule has 1 N–H and O–H groups in total. The lowest BCUT2D eigenvalue weighted by Crippen LogP contribution is -2.37. The summed E-state index contributed by atoms with van der Waals surface area (Å²) >= 11 is 0. The number of morpholine rings is 1. The van der Waals surface area contributed by atoms with Crippen LogP contribution >= 0.6 is 0 Å². The van der Waals surface area contributed by atoms with E-state index in [-0.39, 0.29) is 51.6 Å². The first-order chi connectivity index (χ1) is 20.9. The number of benzene rings is 2. The molecular weight excluding hydrogens is 559 g/mol. The second kappa shape index (κ2) is 10.8. The molecule has 5 heterocycles. The Morgan fingerprint density at radius 2 is 2.02 bits per heavy atom. The summed E-state index contributed by atoms with van der Waals surface area (Å²) in [5.41, 5.74) is 0.0108. The predicted octanol–water partition coefficient (Wildman–Crippen LogP) is 4.99. The molecule has 0 bridgehead atoms. The second-order valence-electron chi connectivity index (χ2n) is 11.4. The van der Waals surface area contributed by atoms with E-state index in [1.807, 2.05) is 0 Å². The molecule has 222 valence electrons. The number of aromatic hydroxyl groups is 1. The van der Waals surface area contributed by atoms with Crippen molar-refractivity contribution in [3.05, 3.63) is 47.7 Å². The minimum absolute atomic E-state index is 0.00527. The van der Waals surface area contributed by atoms with Crippen LogP contribution in [0.5, 0.6) is 11.8 Å². The molecule has 0 spiro atoms. The lowest BCUT2D eigenvalue weighted by atomic mass is 9.96. The van der Waals surface area contributed by atoms with Gasteiger partial charge in [-0.25, -0.2) is 13.2 Å². The van der Waals surface area contributed by atoms with E-state index in [0.717, 1.165) is 19.4 Å². The third-order valence-electron chi connectivity index (χ3n) is 8.77. The molecule has 4 fully saturated rings. The first-order valence-corrected chi connectivity index (χ1v) is 14.4. The number of aromatic nitrogens is 3. The molecule has 11 heteroatoms. The second-order valence-corrected chi connectivity index (χ2v) is 11.4. The number of fused-ring (bicyclic) bond motifs is 4. The van der Waals surface area contributed by atoms with Gasteiger partial charge >= 0.3 is 6.01 Å². The number of terminal acetylenes is 1. The van der Waals surface area contributed by atoms with Gasteiger partial charge in [0.2, 0.25) is 0 Å². The average molecular weight is 590 g/mol. The molecule has 3 saturated heterocycles. The van der Waals surface area contributed by atoms with E-state index in [4.69, 9.17) is 15.9 Å². The van der Waals surface area contributed by atoms with E-state index < -0.39 is 17.8 Å². The normalized spacial score (nSPS) is 24.3. The molecule has 0 amide bonds. The van der Waals surface area contributed by atoms with Gasteiger partial charge in [0, 0.05) is 36.3 Å². The monoisotopic (exact) mass is 589 g/mol. The predicted molar refractivity (Wildman–Crippen MR) is 156 cm³/mol. The fraction of sp³-hybridized carbons (Fsp3) is 0.406. The van der Waals surface area contributed by atoms with Gasteiger partial charge in [-0.15, -0.1) is 6.42 Å². The summed E-state index contributed by atoms with van der Waals surface area (Å²) in [4.78, 5) is 17.4. The lowest BCUT2D eigenvalue weighted by Gasteiger charge is -2.28. The zero-order valence-electron chi connectivity index (χ0n) is 23.6. The molecule has 3 aliphatic heterocycles. The summed E-state index contributed by atoms with van der Waals surface area (Å²) < 4.78 is 54.1. The lowest BCUT2D eigenvalue weighted by molar-refractivity contribution is 0.103. The van der Waals surface area contributed by atoms with Gasteiger partial charge in [-0.1, -0.05) is 12.0 Å². The Kier molecular flexibility index (Phi) is 6.98. The molecule has 4 aromatic rings. The van der Waals surface area contributed by atoms with Crippen LogP contribution in [0.1, 0.15) is 31.2 Å². The van der Waals surface area contributed by atoms with Crippen LogP contribution in [0.25, 0.3) is 32.9 Å². The van der Waals surface area contributed by atoms with Crippen LogP contribution in [0.4, 0.5) is 19.0 Å². The van der Waals surface area contributed by atoms with E-state index in [1.165, 1.54) is 50.4 Å². The highest BCUT2D eigenvalue weighted by molar-refractivity contribution is 6.03. The number of methoxy groups -OCH3 is 1. The zero-order valence-corrected chi connectivity index (χ0v) is 23.6. The van der Waals surface area contributed by atoms with Crippen molar-refractivity contribution in [2.24, 2.45) is 0 Å². The number of nitrogens with zero attached hydrogens (tertiary/aromatic N) is 5. The summed E-state index contributed by atoms with van der Waals surface area (Å²) in [5.74, 6) is 1.35. The molecule has 4 atom stereocenters. The minimum atomic E-state index is -0.751. The van der Waals surface area contributed by atoms with Crippen LogP contribution < -0.4 is 9.64 Å². The topological polar surface area (TPSA) is 83.8 Å². The van der Waals surface area contributed by atoms with Gasteiger partial charge in [-0.2, -0.15) is 9.97 Å². The van der Waals surface area contributed by atoms with Crippen LogP contribution in [0.3, 0.4) is 0 Å². The number of hydrogen-bond donors (Lipinski definition) is 1. The number of ether oxygens (including phenoxy) is 2. The Morgan fingerprint density at radius 1 is 1.16 bits per heavy atom. The molecule has 8 nitrogen and oxygen atoms in total. The van der Waals surface area contributed by atoms with Gasteiger partial charge in [0.1, 0.15) is 34.8 Å². The Labute approximate surface area is 246 Å². The van der Waals surface area contributed by atoms with Crippen molar-refractivity contribution in [3.63, 3.8) is 0 Å². The van der Waals surface area contributed by atoms with Gasteiger partial charge in [0.25, 0.3) is 0 Å². The van der Waals surface area contributed by atoms with Gasteiger partial charge in [-0.05, 0) is 55.8 Å². The molecule has 2 aromatic heterocycles. The Balaban J connectivity index is 0.000000283. The number of phenolic OH excluding ortho intramolecular Hbond substituents is 1. The Bertz CT molecular complexity index is 1770. The van der Waals surface area contributed by atoms with Gasteiger partial charge in [0.05, 0.1) is 36.8 Å². The van der Waals surface area contributed by atoms with E-state index in [2.05, 4.69) is 30.7 Å². The van der Waals surface area contributed by atoms with E-state index >= 15 is 4.39 Å². The maximum atomic E-state index is 16.0. The van der Waals surface area contributed by atoms with Gasteiger partial charge < -0.3 is 19.5 Å². The number of anilines is 1. The molecule has 8 rings (SSSR count). The largest absolute Gasteiger partial charge is 0.508 e. The number of hydrogen-bond acceptors (Lipinski definition) is 8. The summed E-state index contributed by atoms with van der Waals surface area (Å²) in [7, 11) is 1.41. The van der Waals surface area contributed by atoms with Crippen LogP contribution in [-0.4, -0.2) is 82.7 Å². The van der Waals surface area contributed by atoms with Gasteiger partial charge in [0.15, 0.2) is 5.82 Å². The van der Waals surface area contributed by atoms with Crippen molar-refractivity contribution < 1.29 is 27.8 Å². The molecule has 1 aliphatic carbocycles. The highest BCUT2D eigenvalue weighted by atomic mass is 19.1. The summed E-state index contributed by atoms with van der Waals surface area (Å²) in [6, 6.07) is 6.22. The van der Waals surface area contributed by atoms with Crippen molar-refractivity contribution in [1.82, 2.24) is 19.9 Å². The smallest absolute Gasteiger partial charge is 0.318 e. The number of phenols is 1. The maximum Gasteiger partial charge on any atom is 0.318 e. The van der Waals surface area contributed by atoms with E-state index in [0.29, 0.717) is 42.3 Å². The van der Waals surface area contributed by atoms with Crippen LogP contribution in [-0.2, 0) is 4.74 Å². The van der Waals surface area contributed by atoms with Crippen molar-refractivity contribution in [2.75, 3.05) is 38.3 Å². The van der Waals surface area contributed by atoms with Crippen molar-refractivity contribution in [1.29, 1.82) is 0 Å². The molecular formula is C32H30F3N5O3. The first kappa shape index (κ1) is 27.7. The summed E-state index contributed by atoms with van der Waals surface area (Å²) in [6.07, 6.45) is 10.9.